The molecule has 0 aliphatic rings. The quantitative estimate of drug-likeness (QED) is 0.569. The minimum absolute atomic E-state index is 0.0457. The Hall–Kier alpha value is -2.96. The maximum Gasteiger partial charge on any atom is 0.342 e. The molecule has 3 rings (SSSR count). The molecule has 0 radical (unpaired) electrons. The number of ether oxygens (including phenoxy) is 1. The molecule has 0 fully saturated rings. The first-order valence-electron chi connectivity index (χ1n) is 7.00. The Morgan fingerprint density at radius 1 is 1.12 bits per heavy atom. The highest BCUT2D eigenvalue weighted by Crippen LogP contribution is 2.37. The molecular formula is C17H11F3O4. The number of carbonyl (C=O) groups is 1. The third-order valence-corrected chi connectivity index (χ3v) is 3.41. The van der Waals surface area contributed by atoms with Gasteiger partial charge in [0.15, 0.2) is 17.4 Å². The average Bonchev–Trinajstić information content (AvgIpc) is 2.89. The topological polar surface area (TPSA) is 59.7 Å². The lowest BCUT2D eigenvalue weighted by Crippen LogP contribution is -2.06. The Labute approximate surface area is 134 Å². The first-order chi connectivity index (χ1) is 11.4. The molecule has 0 aliphatic heterocycles. The lowest BCUT2D eigenvalue weighted by Gasteiger charge is -2.05. The number of benzene rings is 2. The summed E-state index contributed by atoms with van der Waals surface area (Å²) in [6, 6.07) is 4.89. The van der Waals surface area contributed by atoms with E-state index >= 15 is 0 Å². The number of phenols is 1. The number of aromatic hydroxyl groups is 1. The molecular weight excluding hydrogens is 325 g/mol. The summed E-state index contributed by atoms with van der Waals surface area (Å²) in [6.07, 6.45) is 0. The van der Waals surface area contributed by atoms with Gasteiger partial charge in [0.1, 0.15) is 22.7 Å². The maximum atomic E-state index is 14.1. The van der Waals surface area contributed by atoms with E-state index in [0.29, 0.717) is 12.1 Å². The number of esters is 1. The molecule has 2 aromatic carbocycles. The van der Waals surface area contributed by atoms with Crippen molar-refractivity contribution in [3.05, 3.63) is 53.3 Å². The van der Waals surface area contributed by atoms with Gasteiger partial charge in [0.25, 0.3) is 0 Å². The summed E-state index contributed by atoms with van der Waals surface area (Å²) in [4.78, 5) is 12.2. The van der Waals surface area contributed by atoms with Gasteiger partial charge in [-0.15, -0.1) is 0 Å². The summed E-state index contributed by atoms with van der Waals surface area (Å²) in [6.45, 7) is 1.62. The Morgan fingerprint density at radius 3 is 2.54 bits per heavy atom. The van der Waals surface area contributed by atoms with Crippen LogP contribution in [-0.4, -0.2) is 17.7 Å². The third kappa shape index (κ3) is 2.58. The molecule has 0 saturated heterocycles. The molecule has 0 amide bonds. The predicted molar refractivity (Wildman–Crippen MR) is 79.1 cm³/mol. The zero-order chi connectivity index (χ0) is 17.4. The van der Waals surface area contributed by atoms with E-state index in [4.69, 9.17) is 9.15 Å². The van der Waals surface area contributed by atoms with E-state index in [2.05, 4.69) is 0 Å². The smallest absolute Gasteiger partial charge is 0.342 e. The maximum absolute atomic E-state index is 14.1. The van der Waals surface area contributed by atoms with E-state index in [1.165, 1.54) is 18.2 Å². The summed E-state index contributed by atoms with van der Waals surface area (Å²) in [5.74, 6) is -5.02. The highest BCUT2D eigenvalue weighted by Gasteiger charge is 2.26. The van der Waals surface area contributed by atoms with Crippen LogP contribution in [0.1, 0.15) is 17.3 Å². The van der Waals surface area contributed by atoms with Gasteiger partial charge in [0.2, 0.25) is 0 Å². The summed E-state index contributed by atoms with van der Waals surface area (Å²) < 4.78 is 51.1. The molecule has 4 nitrogen and oxygen atoms in total. The van der Waals surface area contributed by atoms with E-state index < -0.39 is 29.0 Å². The van der Waals surface area contributed by atoms with Gasteiger partial charge in [-0.3, -0.25) is 0 Å². The number of phenolic OH excluding ortho intramolecular Hbond substituents is 1. The summed E-state index contributed by atoms with van der Waals surface area (Å²) in [5, 5.41) is 9.78. The molecule has 7 heteroatoms. The van der Waals surface area contributed by atoms with Gasteiger partial charge in [-0.25, -0.2) is 18.0 Å². The largest absolute Gasteiger partial charge is 0.508 e. The molecule has 24 heavy (non-hydrogen) atoms. The Kier molecular flexibility index (Phi) is 3.92. The molecule has 0 aliphatic carbocycles. The van der Waals surface area contributed by atoms with Gasteiger partial charge in [-0.1, -0.05) is 0 Å². The molecule has 1 aromatic heterocycles. The van der Waals surface area contributed by atoms with Gasteiger partial charge in [0.05, 0.1) is 12.2 Å². The minimum Gasteiger partial charge on any atom is -0.508 e. The standard InChI is InChI=1S/C17H11F3O4/c1-2-23-17(22)15-10-5-8(21)3-4-14(10)24-16(15)9-6-12(19)13(20)7-11(9)18/h3-7,21H,2H2,1H3. The second-order valence-corrected chi connectivity index (χ2v) is 4.95. The average molecular weight is 336 g/mol. The van der Waals surface area contributed by atoms with Crippen molar-refractivity contribution in [1.29, 1.82) is 0 Å². The van der Waals surface area contributed by atoms with Gasteiger partial charge in [-0.05, 0) is 31.2 Å². The summed E-state index contributed by atoms with van der Waals surface area (Å²) >= 11 is 0. The van der Waals surface area contributed by atoms with Crippen molar-refractivity contribution >= 4 is 16.9 Å². The molecule has 0 unspecified atom stereocenters. The van der Waals surface area contributed by atoms with Crippen LogP contribution in [0.3, 0.4) is 0 Å². The molecule has 0 spiro atoms. The molecule has 1 heterocycles. The lowest BCUT2D eigenvalue weighted by molar-refractivity contribution is 0.0528. The molecule has 0 atom stereocenters. The number of carbonyl (C=O) groups excluding carboxylic acids is 1. The number of rotatable bonds is 3. The van der Waals surface area contributed by atoms with Crippen molar-refractivity contribution in [2.24, 2.45) is 0 Å². The molecule has 0 saturated carbocycles. The van der Waals surface area contributed by atoms with E-state index in [1.54, 1.807) is 6.92 Å². The lowest BCUT2D eigenvalue weighted by atomic mass is 10.0. The fourth-order valence-corrected chi connectivity index (χ4v) is 2.38. The van der Waals surface area contributed by atoms with Crippen molar-refractivity contribution in [2.45, 2.75) is 6.92 Å². The van der Waals surface area contributed by atoms with Gasteiger partial charge < -0.3 is 14.3 Å². The summed E-state index contributed by atoms with van der Waals surface area (Å²) in [5.41, 5.74) is -0.435. The van der Waals surface area contributed by atoms with E-state index in [-0.39, 0.29) is 34.6 Å². The first kappa shape index (κ1) is 15.9. The predicted octanol–water partition coefficient (Wildman–Crippen LogP) is 4.40. The monoisotopic (exact) mass is 336 g/mol. The van der Waals surface area contributed by atoms with Crippen LogP contribution in [0.5, 0.6) is 5.75 Å². The summed E-state index contributed by atoms with van der Waals surface area (Å²) in [7, 11) is 0. The van der Waals surface area contributed by atoms with Crippen molar-refractivity contribution in [1.82, 2.24) is 0 Å². The first-order valence-corrected chi connectivity index (χ1v) is 7.00. The molecule has 124 valence electrons. The fraction of sp³-hybridized carbons (Fsp3) is 0.118. The van der Waals surface area contributed by atoms with Crippen molar-refractivity contribution in [3.63, 3.8) is 0 Å². The van der Waals surface area contributed by atoms with Crippen LogP contribution in [0, 0.1) is 17.5 Å². The van der Waals surface area contributed by atoms with Crippen LogP contribution >= 0.6 is 0 Å². The highest BCUT2D eigenvalue weighted by atomic mass is 19.2. The zero-order valence-corrected chi connectivity index (χ0v) is 12.4. The normalized spacial score (nSPS) is 11.0. The second-order valence-electron chi connectivity index (χ2n) is 4.95. The molecule has 0 bridgehead atoms. The number of halogens is 3. The van der Waals surface area contributed by atoms with Crippen molar-refractivity contribution in [2.75, 3.05) is 6.61 Å². The van der Waals surface area contributed by atoms with Crippen LogP contribution in [0.4, 0.5) is 13.2 Å². The Morgan fingerprint density at radius 2 is 1.83 bits per heavy atom. The van der Waals surface area contributed by atoms with Gasteiger partial charge >= 0.3 is 5.97 Å². The van der Waals surface area contributed by atoms with Crippen LogP contribution in [0.25, 0.3) is 22.3 Å². The van der Waals surface area contributed by atoms with Crippen molar-refractivity contribution in [3.8, 4) is 17.1 Å². The number of hydrogen-bond donors (Lipinski definition) is 1. The van der Waals surface area contributed by atoms with Gasteiger partial charge in [-0.2, -0.15) is 0 Å². The van der Waals surface area contributed by atoms with Crippen LogP contribution in [0.15, 0.2) is 34.7 Å². The van der Waals surface area contributed by atoms with Crippen LogP contribution in [0.2, 0.25) is 0 Å². The fourth-order valence-electron chi connectivity index (χ4n) is 2.38. The van der Waals surface area contributed by atoms with Gasteiger partial charge in [0, 0.05) is 11.5 Å². The highest BCUT2D eigenvalue weighted by molar-refractivity contribution is 6.09. The van der Waals surface area contributed by atoms with Crippen LogP contribution in [-0.2, 0) is 4.74 Å². The SMILES string of the molecule is CCOC(=O)c1c(-c2cc(F)c(F)cc2F)oc2ccc(O)cc12. The number of hydrogen-bond acceptors (Lipinski definition) is 4. The molecule has 3 aromatic rings. The minimum atomic E-state index is -1.36. The van der Waals surface area contributed by atoms with Crippen LogP contribution < -0.4 is 0 Å². The van der Waals surface area contributed by atoms with E-state index in [9.17, 15) is 23.1 Å². The van der Waals surface area contributed by atoms with Crippen molar-refractivity contribution < 1.29 is 32.2 Å². The Balaban J connectivity index is 2.33. The van der Waals surface area contributed by atoms with E-state index in [0.717, 1.165) is 0 Å². The number of fused-ring (bicyclic) bond motifs is 1. The van der Waals surface area contributed by atoms with E-state index in [1.807, 2.05) is 0 Å². The molecule has 1 N–H and O–H groups in total. The number of furan rings is 1. The third-order valence-electron chi connectivity index (χ3n) is 3.41. The second kappa shape index (κ2) is 5.92. The zero-order valence-electron chi connectivity index (χ0n) is 12.4. The Bertz CT molecular complexity index is 947.